The number of amides is 1. The molecule has 0 bridgehead atoms. The highest BCUT2D eigenvalue weighted by molar-refractivity contribution is 7.93. The number of hydrogen-bond donors (Lipinski definition) is 1. The van der Waals surface area contributed by atoms with E-state index in [4.69, 9.17) is 4.52 Å². The number of benzene rings is 2. The van der Waals surface area contributed by atoms with Crippen LogP contribution >= 0.6 is 0 Å². The monoisotopic (exact) mass is 455 g/mol. The number of anilines is 1. The Bertz CT molecular complexity index is 1150. The van der Waals surface area contributed by atoms with Crippen molar-refractivity contribution in [1.29, 1.82) is 0 Å². The first kappa shape index (κ1) is 23.5. The Morgan fingerprint density at radius 2 is 1.62 bits per heavy atom. The van der Waals surface area contributed by atoms with Gasteiger partial charge in [0, 0.05) is 0 Å². The molecule has 0 radical (unpaired) electrons. The van der Waals surface area contributed by atoms with Crippen LogP contribution in [-0.2, 0) is 14.8 Å². The second-order valence-electron chi connectivity index (χ2n) is 8.11. The number of aromatic nitrogens is 1. The Labute approximate surface area is 189 Å². The summed E-state index contributed by atoms with van der Waals surface area (Å²) in [5, 5.41) is 6.67. The predicted octanol–water partition coefficient (Wildman–Crippen LogP) is 4.49. The molecule has 1 aromatic heterocycles. The Balaban J connectivity index is 1.94. The molecule has 0 saturated carbocycles. The highest BCUT2D eigenvalue weighted by atomic mass is 32.2. The number of nitrogens with zero attached hydrogens (tertiary/aromatic N) is 2. The van der Waals surface area contributed by atoms with Gasteiger partial charge >= 0.3 is 0 Å². The smallest absolute Gasteiger partial charge is 0.270 e. The first-order chi connectivity index (χ1) is 15.1. The molecular weight excluding hydrogens is 426 g/mol. The topological polar surface area (TPSA) is 92.5 Å². The summed E-state index contributed by atoms with van der Waals surface area (Å²) < 4.78 is 33.4. The van der Waals surface area contributed by atoms with Crippen LogP contribution in [0.3, 0.4) is 0 Å². The van der Waals surface area contributed by atoms with E-state index in [1.807, 2.05) is 49.4 Å². The summed E-state index contributed by atoms with van der Waals surface area (Å²) in [5.41, 5.74) is 2.66. The molecule has 0 saturated heterocycles. The van der Waals surface area contributed by atoms with Gasteiger partial charge in [-0.3, -0.25) is 9.10 Å². The van der Waals surface area contributed by atoms with Crippen LogP contribution in [0, 0.1) is 13.8 Å². The summed E-state index contributed by atoms with van der Waals surface area (Å²) in [6.07, 6.45) is 0. The van der Waals surface area contributed by atoms with Gasteiger partial charge in [0.25, 0.3) is 10.0 Å². The zero-order valence-electron chi connectivity index (χ0n) is 19.0. The molecule has 3 rings (SSSR count). The maximum Gasteiger partial charge on any atom is 0.270 e. The Hall–Kier alpha value is -3.13. The van der Waals surface area contributed by atoms with E-state index < -0.39 is 15.9 Å². The van der Waals surface area contributed by atoms with Crippen LogP contribution in [-0.4, -0.2) is 26.0 Å². The SMILES string of the molecule is Cc1noc(C)c1S(=O)(=O)N(CC(=O)N[C@@H](C)c1ccccc1)c1ccc(C(C)C)cc1. The standard InChI is InChI=1S/C24H29N3O4S/c1-16(2)20-11-13-22(14-12-20)27(32(29,30)24-18(4)26-31-19(24)5)15-23(28)25-17(3)21-9-7-6-8-10-21/h6-14,16-17H,15H2,1-5H3,(H,25,28)/t17-/m0/s1. The van der Waals surface area contributed by atoms with Crippen LogP contribution in [0.15, 0.2) is 64.0 Å². The fourth-order valence-electron chi connectivity index (χ4n) is 3.54. The summed E-state index contributed by atoms with van der Waals surface area (Å²) in [7, 11) is -4.08. The summed E-state index contributed by atoms with van der Waals surface area (Å²) in [6, 6.07) is 16.4. The number of sulfonamides is 1. The van der Waals surface area contributed by atoms with E-state index in [-0.39, 0.29) is 28.9 Å². The van der Waals surface area contributed by atoms with Gasteiger partial charge in [0.1, 0.15) is 12.2 Å². The van der Waals surface area contributed by atoms with Crippen molar-refractivity contribution in [3.8, 4) is 0 Å². The first-order valence-corrected chi connectivity index (χ1v) is 11.9. The Morgan fingerprint density at radius 3 is 2.16 bits per heavy atom. The molecule has 7 nitrogen and oxygen atoms in total. The van der Waals surface area contributed by atoms with Crippen LogP contribution in [0.25, 0.3) is 0 Å². The maximum atomic E-state index is 13.6. The molecule has 2 aromatic carbocycles. The van der Waals surface area contributed by atoms with E-state index in [1.165, 1.54) is 0 Å². The molecule has 3 aromatic rings. The maximum absolute atomic E-state index is 13.6. The molecule has 1 heterocycles. The van der Waals surface area contributed by atoms with E-state index in [2.05, 4.69) is 24.3 Å². The molecule has 0 fully saturated rings. The quantitative estimate of drug-likeness (QED) is 0.540. The molecule has 0 aliphatic rings. The minimum absolute atomic E-state index is 0.0191. The number of carbonyl (C=O) groups excluding carboxylic acids is 1. The van der Waals surface area contributed by atoms with Crippen LogP contribution in [0.5, 0.6) is 0 Å². The van der Waals surface area contributed by atoms with Gasteiger partial charge in [0.05, 0.1) is 11.7 Å². The van der Waals surface area contributed by atoms with E-state index >= 15 is 0 Å². The van der Waals surface area contributed by atoms with Crippen LogP contribution in [0.4, 0.5) is 5.69 Å². The van der Waals surface area contributed by atoms with Crippen molar-refractivity contribution in [3.05, 3.63) is 77.2 Å². The summed E-state index contributed by atoms with van der Waals surface area (Å²) in [5.74, 6) is 0.0701. The molecule has 1 amide bonds. The molecule has 170 valence electrons. The van der Waals surface area contributed by atoms with E-state index in [0.29, 0.717) is 11.6 Å². The van der Waals surface area contributed by atoms with Crippen LogP contribution in [0.1, 0.15) is 55.3 Å². The fourth-order valence-corrected chi connectivity index (χ4v) is 5.25. The Kier molecular flexibility index (Phi) is 7.03. The summed E-state index contributed by atoms with van der Waals surface area (Å²) >= 11 is 0. The lowest BCUT2D eigenvalue weighted by Crippen LogP contribution is -2.41. The van der Waals surface area contributed by atoms with Gasteiger partial charge in [-0.25, -0.2) is 8.42 Å². The lowest BCUT2D eigenvalue weighted by molar-refractivity contribution is -0.120. The van der Waals surface area contributed by atoms with Gasteiger partial charge in [0.2, 0.25) is 5.91 Å². The van der Waals surface area contributed by atoms with Gasteiger partial charge in [0.15, 0.2) is 10.7 Å². The van der Waals surface area contributed by atoms with Crippen molar-refractivity contribution in [3.63, 3.8) is 0 Å². The minimum Gasteiger partial charge on any atom is -0.360 e. The normalized spacial score (nSPS) is 12.6. The third-order valence-corrected chi connectivity index (χ3v) is 7.35. The molecule has 1 N–H and O–H groups in total. The third-order valence-electron chi connectivity index (χ3n) is 5.33. The molecule has 0 aliphatic carbocycles. The third kappa shape index (κ3) is 5.02. The number of carbonyl (C=O) groups is 1. The minimum atomic E-state index is -4.08. The summed E-state index contributed by atoms with van der Waals surface area (Å²) in [6.45, 7) is 8.73. The average Bonchev–Trinajstić information content (AvgIpc) is 3.11. The molecule has 32 heavy (non-hydrogen) atoms. The zero-order valence-corrected chi connectivity index (χ0v) is 19.8. The lowest BCUT2D eigenvalue weighted by Gasteiger charge is -2.25. The number of hydrogen-bond acceptors (Lipinski definition) is 5. The summed E-state index contributed by atoms with van der Waals surface area (Å²) in [4.78, 5) is 12.9. The number of aryl methyl sites for hydroxylation is 2. The van der Waals surface area contributed by atoms with Crippen molar-refractivity contribution in [1.82, 2.24) is 10.5 Å². The van der Waals surface area contributed by atoms with Crippen molar-refractivity contribution in [2.45, 2.75) is 51.5 Å². The lowest BCUT2D eigenvalue weighted by atomic mass is 10.0. The van der Waals surface area contributed by atoms with Gasteiger partial charge < -0.3 is 9.84 Å². The van der Waals surface area contributed by atoms with Crippen molar-refractivity contribution in [2.24, 2.45) is 0 Å². The molecule has 0 unspecified atom stereocenters. The molecule has 0 aliphatic heterocycles. The number of rotatable bonds is 8. The van der Waals surface area contributed by atoms with E-state index in [1.54, 1.807) is 26.0 Å². The van der Waals surface area contributed by atoms with Gasteiger partial charge in [-0.15, -0.1) is 0 Å². The second kappa shape index (κ2) is 9.56. The highest BCUT2D eigenvalue weighted by Gasteiger charge is 2.33. The molecule has 0 spiro atoms. The van der Waals surface area contributed by atoms with Gasteiger partial charge in [-0.1, -0.05) is 61.5 Å². The van der Waals surface area contributed by atoms with Crippen LogP contribution in [0.2, 0.25) is 0 Å². The predicted molar refractivity (Wildman–Crippen MR) is 124 cm³/mol. The van der Waals surface area contributed by atoms with E-state index in [0.717, 1.165) is 15.4 Å². The Morgan fingerprint density at radius 1 is 1.00 bits per heavy atom. The fraction of sp³-hybridized carbons (Fsp3) is 0.333. The van der Waals surface area contributed by atoms with E-state index in [9.17, 15) is 13.2 Å². The molecule has 1 atom stereocenters. The second-order valence-corrected chi connectivity index (χ2v) is 9.91. The van der Waals surface area contributed by atoms with Crippen molar-refractivity contribution < 1.29 is 17.7 Å². The highest BCUT2D eigenvalue weighted by Crippen LogP contribution is 2.29. The largest absolute Gasteiger partial charge is 0.360 e. The van der Waals surface area contributed by atoms with Crippen molar-refractivity contribution >= 4 is 21.6 Å². The molecule has 8 heteroatoms. The van der Waals surface area contributed by atoms with Gasteiger partial charge in [-0.05, 0) is 49.9 Å². The zero-order chi connectivity index (χ0) is 23.5. The molecular formula is C24H29N3O4S. The average molecular weight is 456 g/mol. The number of nitrogens with one attached hydrogen (secondary N) is 1. The van der Waals surface area contributed by atoms with Crippen LogP contribution < -0.4 is 9.62 Å². The first-order valence-electron chi connectivity index (χ1n) is 10.5. The van der Waals surface area contributed by atoms with Crippen molar-refractivity contribution in [2.75, 3.05) is 10.8 Å². The van der Waals surface area contributed by atoms with Gasteiger partial charge in [-0.2, -0.15) is 0 Å².